The minimum Gasteiger partial charge on any atom is -0.366 e. The maximum Gasteiger partial charge on any atom is 0.145 e. The Labute approximate surface area is 113 Å². The van der Waals surface area contributed by atoms with E-state index in [4.69, 9.17) is 4.74 Å². The number of carbonyl (C=O) groups excluding carboxylic acids is 2. The van der Waals surface area contributed by atoms with Crippen LogP contribution >= 0.6 is 0 Å². The van der Waals surface area contributed by atoms with Crippen LogP contribution in [0.2, 0.25) is 0 Å². The third-order valence-electron chi connectivity index (χ3n) is 7.41. The molecule has 3 heteroatoms. The summed E-state index contributed by atoms with van der Waals surface area (Å²) in [6, 6.07) is 0. The first-order valence-corrected chi connectivity index (χ1v) is 7.57. The predicted molar refractivity (Wildman–Crippen MR) is 67.4 cm³/mol. The zero-order valence-corrected chi connectivity index (χ0v) is 11.8. The Balaban J connectivity index is 1.82. The first-order chi connectivity index (χ1) is 8.81. The molecule has 2 bridgehead atoms. The summed E-state index contributed by atoms with van der Waals surface area (Å²) in [4.78, 5) is 25.3. The zero-order valence-electron chi connectivity index (χ0n) is 11.8. The Morgan fingerprint density at radius 3 is 2.63 bits per heavy atom. The summed E-state index contributed by atoms with van der Waals surface area (Å²) < 4.78 is 6.52. The molecule has 2 spiro atoms. The quantitative estimate of drug-likeness (QED) is 0.670. The summed E-state index contributed by atoms with van der Waals surface area (Å²) in [5, 5.41) is 0. The van der Waals surface area contributed by atoms with Crippen molar-refractivity contribution in [2.24, 2.45) is 28.6 Å². The number of Topliss-reactive ketones (excluding diaryl/α,β-unsaturated/α-hetero) is 2. The highest BCUT2D eigenvalue weighted by Gasteiger charge is 2.99. The van der Waals surface area contributed by atoms with Gasteiger partial charge in [0.15, 0.2) is 0 Å². The van der Waals surface area contributed by atoms with Crippen LogP contribution in [0.25, 0.3) is 0 Å². The lowest BCUT2D eigenvalue weighted by Gasteiger charge is -2.48. The second-order valence-corrected chi connectivity index (χ2v) is 8.38. The van der Waals surface area contributed by atoms with E-state index in [1.54, 1.807) is 0 Å². The number of hydrogen-bond donors (Lipinski definition) is 0. The van der Waals surface area contributed by atoms with Gasteiger partial charge in [-0.05, 0) is 37.0 Å². The number of carbonyl (C=O) groups is 2. The molecule has 3 aliphatic carbocycles. The average Bonchev–Trinajstić information content (AvgIpc) is 2.65. The van der Waals surface area contributed by atoms with Gasteiger partial charge in [0.05, 0.1) is 22.5 Å². The molecule has 19 heavy (non-hydrogen) atoms. The van der Waals surface area contributed by atoms with E-state index in [2.05, 4.69) is 20.8 Å². The minimum atomic E-state index is -0.405. The first kappa shape index (κ1) is 11.0. The molecule has 5 aliphatic rings. The molecule has 3 nitrogen and oxygen atoms in total. The molecule has 0 aromatic heterocycles. The first-order valence-electron chi connectivity index (χ1n) is 7.57. The van der Waals surface area contributed by atoms with Crippen LogP contribution in [0.15, 0.2) is 0 Å². The van der Waals surface area contributed by atoms with Gasteiger partial charge in [0.1, 0.15) is 11.6 Å². The summed E-state index contributed by atoms with van der Waals surface area (Å²) >= 11 is 0. The minimum absolute atomic E-state index is 0.0734. The Kier molecular flexibility index (Phi) is 1.42. The van der Waals surface area contributed by atoms with Gasteiger partial charge in [0.2, 0.25) is 0 Å². The lowest BCUT2D eigenvalue weighted by molar-refractivity contribution is -0.201. The number of ether oxygens (including phenoxy) is 1. The molecule has 0 radical (unpaired) electrons. The van der Waals surface area contributed by atoms with Crippen LogP contribution in [0.1, 0.15) is 46.5 Å². The molecule has 6 atom stereocenters. The number of hydrogen-bond acceptors (Lipinski definition) is 3. The standard InChI is InChI=1S/C16H20O3/c1-13(2)9-4-5-14(3)7-11(18)15-10(13)6-8(17)12(15)16(9,15)19-14/h9-10,12H,4-7H2,1-3H3/t9-,10-,12-,14-,15+,16-/m0/s1. The maximum absolute atomic E-state index is 12.9. The molecule has 0 N–H and O–H groups in total. The van der Waals surface area contributed by atoms with Gasteiger partial charge in [-0.25, -0.2) is 0 Å². The van der Waals surface area contributed by atoms with Crippen molar-refractivity contribution in [3.05, 3.63) is 0 Å². The third-order valence-corrected chi connectivity index (χ3v) is 7.41. The molecule has 5 rings (SSSR count). The van der Waals surface area contributed by atoms with E-state index in [1.165, 1.54) is 0 Å². The van der Waals surface area contributed by atoms with Crippen LogP contribution in [0.5, 0.6) is 0 Å². The lowest BCUT2D eigenvalue weighted by Crippen LogP contribution is -2.53. The molecular formula is C16H20O3. The van der Waals surface area contributed by atoms with E-state index in [0.717, 1.165) is 12.8 Å². The van der Waals surface area contributed by atoms with Gasteiger partial charge in [-0.2, -0.15) is 0 Å². The molecule has 0 unspecified atom stereocenters. The number of fused-ring (bicyclic) bond motifs is 1. The van der Waals surface area contributed by atoms with Gasteiger partial charge in [-0.15, -0.1) is 0 Å². The molecule has 2 heterocycles. The van der Waals surface area contributed by atoms with Crippen molar-refractivity contribution in [2.45, 2.75) is 57.7 Å². The van der Waals surface area contributed by atoms with Crippen molar-refractivity contribution in [1.82, 2.24) is 0 Å². The van der Waals surface area contributed by atoms with E-state index in [-0.39, 0.29) is 22.9 Å². The predicted octanol–water partition coefficient (Wildman–Crippen LogP) is 2.13. The van der Waals surface area contributed by atoms with Crippen molar-refractivity contribution in [3.8, 4) is 0 Å². The summed E-state index contributed by atoms with van der Waals surface area (Å²) in [6.07, 6.45) is 3.23. The highest BCUT2D eigenvalue weighted by Crippen LogP contribution is 2.90. The fourth-order valence-corrected chi connectivity index (χ4v) is 6.97. The van der Waals surface area contributed by atoms with Crippen LogP contribution in [-0.4, -0.2) is 22.8 Å². The van der Waals surface area contributed by atoms with Crippen LogP contribution < -0.4 is 0 Å². The second-order valence-electron chi connectivity index (χ2n) is 8.38. The average molecular weight is 260 g/mol. The van der Waals surface area contributed by atoms with E-state index >= 15 is 0 Å². The summed E-state index contributed by atoms with van der Waals surface area (Å²) in [6.45, 7) is 6.60. The van der Waals surface area contributed by atoms with E-state index in [9.17, 15) is 9.59 Å². The highest BCUT2D eigenvalue weighted by atomic mass is 16.5. The van der Waals surface area contributed by atoms with Crippen molar-refractivity contribution in [1.29, 1.82) is 0 Å². The maximum atomic E-state index is 12.9. The normalized spacial score (nSPS) is 63.2. The van der Waals surface area contributed by atoms with Crippen LogP contribution in [-0.2, 0) is 14.3 Å². The molecule has 3 saturated carbocycles. The van der Waals surface area contributed by atoms with Crippen molar-refractivity contribution in [2.75, 3.05) is 0 Å². The summed E-state index contributed by atoms with van der Waals surface area (Å²) in [5.74, 6) is 1.20. The van der Waals surface area contributed by atoms with Crippen molar-refractivity contribution < 1.29 is 14.3 Å². The molecule has 2 aliphatic heterocycles. The van der Waals surface area contributed by atoms with Gasteiger partial charge in [-0.1, -0.05) is 13.8 Å². The largest absolute Gasteiger partial charge is 0.366 e. The molecule has 0 aromatic rings. The molecule has 0 amide bonds. The second kappa shape index (κ2) is 2.45. The van der Waals surface area contributed by atoms with Crippen molar-refractivity contribution >= 4 is 11.6 Å². The Hall–Kier alpha value is -0.700. The number of ketones is 2. The zero-order chi connectivity index (χ0) is 13.4. The fraction of sp³-hybridized carbons (Fsp3) is 0.875. The topological polar surface area (TPSA) is 43.4 Å². The molecular weight excluding hydrogens is 240 g/mol. The highest BCUT2D eigenvalue weighted by molar-refractivity contribution is 6.07. The fourth-order valence-electron chi connectivity index (χ4n) is 6.97. The van der Waals surface area contributed by atoms with Crippen LogP contribution in [0.3, 0.4) is 0 Å². The SMILES string of the molecule is CC1(C)[C@@H]2CC[C@@]3(C)CC(=O)[C@@]45[C@H](C(=O)C[C@@H]14)[C@@]25O3. The molecule has 2 saturated heterocycles. The lowest BCUT2D eigenvalue weighted by atomic mass is 9.68. The van der Waals surface area contributed by atoms with E-state index in [1.807, 2.05) is 0 Å². The van der Waals surface area contributed by atoms with Crippen LogP contribution in [0.4, 0.5) is 0 Å². The smallest absolute Gasteiger partial charge is 0.145 e. The van der Waals surface area contributed by atoms with E-state index in [0.29, 0.717) is 30.3 Å². The Bertz CT molecular complexity index is 564. The third kappa shape index (κ3) is 0.754. The van der Waals surface area contributed by atoms with Crippen molar-refractivity contribution in [3.63, 3.8) is 0 Å². The monoisotopic (exact) mass is 260 g/mol. The summed E-state index contributed by atoms with van der Waals surface area (Å²) in [7, 11) is 0. The van der Waals surface area contributed by atoms with Gasteiger partial charge < -0.3 is 4.74 Å². The Morgan fingerprint density at radius 2 is 1.89 bits per heavy atom. The van der Waals surface area contributed by atoms with Crippen LogP contribution in [0, 0.1) is 28.6 Å². The molecule has 0 aromatic carbocycles. The van der Waals surface area contributed by atoms with Gasteiger partial charge >= 0.3 is 0 Å². The molecule has 5 fully saturated rings. The van der Waals surface area contributed by atoms with Gasteiger partial charge in [0.25, 0.3) is 0 Å². The van der Waals surface area contributed by atoms with Gasteiger partial charge in [0, 0.05) is 12.8 Å². The van der Waals surface area contributed by atoms with E-state index < -0.39 is 11.0 Å². The Morgan fingerprint density at radius 1 is 1.16 bits per heavy atom. The molecule has 102 valence electrons. The summed E-state index contributed by atoms with van der Waals surface area (Å²) in [5.41, 5.74) is -1.02. The number of rotatable bonds is 0. The van der Waals surface area contributed by atoms with Gasteiger partial charge in [-0.3, -0.25) is 9.59 Å².